The van der Waals surface area contributed by atoms with Crippen LogP contribution in [0.4, 0.5) is 0 Å². The lowest BCUT2D eigenvalue weighted by atomic mass is 9.96. The van der Waals surface area contributed by atoms with Gasteiger partial charge in [-0.05, 0) is 56.8 Å². The molecule has 2 amide bonds. The Morgan fingerprint density at radius 3 is 2.48 bits per heavy atom. The van der Waals surface area contributed by atoms with Gasteiger partial charge < -0.3 is 15.1 Å². The van der Waals surface area contributed by atoms with E-state index in [1.807, 2.05) is 32.3 Å². The summed E-state index contributed by atoms with van der Waals surface area (Å²) in [5, 5.41) is 3.71. The third-order valence-electron chi connectivity index (χ3n) is 5.45. The molecule has 0 aromatic heterocycles. The zero-order valence-electron chi connectivity index (χ0n) is 17.0. The quantitative estimate of drug-likeness (QED) is 0.787. The number of halogens is 1. The molecule has 29 heavy (non-hydrogen) atoms. The Morgan fingerprint density at radius 1 is 1.14 bits per heavy atom. The van der Waals surface area contributed by atoms with E-state index in [0.717, 1.165) is 12.8 Å². The molecule has 1 N–H and O–H groups in total. The number of benzene rings is 2. The van der Waals surface area contributed by atoms with Crippen molar-refractivity contribution < 1.29 is 9.59 Å². The van der Waals surface area contributed by atoms with Crippen LogP contribution < -0.4 is 5.32 Å². The Kier molecular flexibility index (Phi) is 7.29. The lowest BCUT2D eigenvalue weighted by Crippen LogP contribution is -2.46. The number of nitrogens with zero attached hydrogens (tertiary/aromatic N) is 2. The molecule has 5 nitrogen and oxygen atoms in total. The van der Waals surface area contributed by atoms with Gasteiger partial charge in [0.15, 0.2) is 0 Å². The number of rotatable bonds is 6. The molecule has 2 aromatic rings. The lowest BCUT2D eigenvalue weighted by molar-refractivity contribution is -0.126. The Labute approximate surface area is 177 Å². The highest BCUT2D eigenvalue weighted by Crippen LogP contribution is 2.21. The summed E-state index contributed by atoms with van der Waals surface area (Å²) in [6.45, 7) is 1.66. The van der Waals surface area contributed by atoms with Gasteiger partial charge in [-0.25, -0.2) is 0 Å². The summed E-state index contributed by atoms with van der Waals surface area (Å²) in [5.41, 5.74) is 1.77. The van der Waals surface area contributed by atoms with Gasteiger partial charge in [0.05, 0.1) is 12.0 Å². The minimum absolute atomic E-state index is 0.0152. The average molecular weight is 414 g/mol. The first kappa shape index (κ1) is 21.3. The molecule has 1 fully saturated rings. The van der Waals surface area contributed by atoms with Gasteiger partial charge in [0.2, 0.25) is 5.91 Å². The number of carbonyl (C=O) groups is 2. The molecule has 1 heterocycles. The van der Waals surface area contributed by atoms with Gasteiger partial charge >= 0.3 is 0 Å². The predicted molar refractivity (Wildman–Crippen MR) is 116 cm³/mol. The Balaban J connectivity index is 1.59. The molecule has 2 aromatic carbocycles. The van der Waals surface area contributed by atoms with Gasteiger partial charge in [-0.1, -0.05) is 41.9 Å². The summed E-state index contributed by atoms with van der Waals surface area (Å²) in [7, 11) is 4.02. The number of piperidine rings is 1. The van der Waals surface area contributed by atoms with Crippen molar-refractivity contribution in [2.24, 2.45) is 5.92 Å². The van der Waals surface area contributed by atoms with Gasteiger partial charge in [0.25, 0.3) is 5.91 Å². The fourth-order valence-corrected chi connectivity index (χ4v) is 3.89. The second-order valence-corrected chi connectivity index (χ2v) is 8.17. The van der Waals surface area contributed by atoms with Crippen LogP contribution in [-0.2, 0) is 4.79 Å². The second kappa shape index (κ2) is 9.90. The van der Waals surface area contributed by atoms with E-state index >= 15 is 0 Å². The minimum Gasteiger partial charge on any atom is -0.354 e. The monoisotopic (exact) mass is 413 g/mol. The third kappa shape index (κ3) is 5.58. The fraction of sp³-hybridized carbons (Fsp3) is 0.391. The van der Waals surface area contributed by atoms with Gasteiger partial charge in [0, 0.05) is 30.2 Å². The van der Waals surface area contributed by atoms with E-state index in [1.54, 1.807) is 29.2 Å². The molecule has 2 unspecified atom stereocenters. The van der Waals surface area contributed by atoms with Gasteiger partial charge in [-0.3, -0.25) is 9.59 Å². The highest BCUT2D eigenvalue weighted by molar-refractivity contribution is 6.30. The van der Waals surface area contributed by atoms with Crippen LogP contribution in [0.2, 0.25) is 5.02 Å². The molecule has 2 atom stereocenters. The van der Waals surface area contributed by atoms with E-state index in [9.17, 15) is 9.59 Å². The van der Waals surface area contributed by atoms with E-state index in [1.165, 1.54) is 5.56 Å². The largest absolute Gasteiger partial charge is 0.354 e. The number of carbonyl (C=O) groups excluding carboxylic acids is 2. The van der Waals surface area contributed by atoms with E-state index in [0.29, 0.717) is 30.2 Å². The van der Waals surface area contributed by atoms with E-state index < -0.39 is 0 Å². The van der Waals surface area contributed by atoms with Gasteiger partial charge in [0.1, 0.15) is 0 Å². The molecule has 0 saturated carbocycles. The van der Waals surface area contributed by atoms with Crippen LogP contribution >= 0.6 is 11.6 Å². The molecule has 154 valence electrons. The van der Waals surface area contributed by atoms with E-state index in [2.05, 4.69) is 22.3 Å². The van der Waals surface area contributed by atoms with Crippen molar-refractivity contribution in [3.8, 4) is 0 Å². The van der Waals surface area contributed by atoms with E-state index in [4.69, 9.17) is 11.6 Å². The molecular formula is C23H28ClN3O2. The number of hydrogen-bond acceptors (Lipinski definition) is 3. The highest BCUT2D eigenvalue weighted by Gasteiger charge is 2.29. The van der Waals surface area contributed by atoms with Crippen molar-refractivity contribution in [3.63, 3.8) is 0 Å². The summed E-state index contributed by atoms with van der Waals surface area (Å²) in [6.07, 6.45) is 1.63. The number of likely N-dealkylation sites (tertiary alicyclic amines) is 1. The number of nitrogens with one attached hydrogen (secondary N) is 1. The average Bonchev–Trinajstić information content (AvgIpc) is 2.74. The predicted octanol–water partition coefficient (Wildman–Crippen LogP) is 3.61. The van der Waals surface area contributed by atoms with Gasteiger partial charge in [-0.15, -0.1) is 0 Å². The maximum Gasteiger partial charge on any atom is 0.253 e. The number of likely N-dealkylation sites (N-methyl/N-ethyl adjacent to an activating group) is 1. The standard InChI is InChI=1S/C23H28ClN3O2/c1-26(2)21(17-7-4-3-5-8-17)15-25-22(28)19-9-6-14-27(16-19)23(29)18-10-12-20(24)13-11-18/h3-5,7-8,10-13,19,21H,6,9,14-16H2,1-2H3,(H,25,28). The summed E-state index contributed by atoms with van der Waals surface area (Å²) >= 11 is 5.91. The van der Waals surface area contributed by atoms with Crippen molar-refractivity contribution >= 4 is 23.4 Å². The van der Waals surface area contributed by atoms with E-state index in [-0.39, 0.29) is 23.8 Å². The first-order valence-electron chi connectivity index (χ1n) is 9.99. The maximum atomic E-state index is 12.8. The Morgan fingerprint density at radius 2 is 1.83 bits per heavy atom. The zero-order valence-corrected chi connectivity index (χ0v) is 17.7. The van der Waals surface area contributed by atoms with Crippen molar-refractivity contribution in [1.82, 2.24) is 15.1 Å². The zero-order chi connectivity index (χ0) is 20.8. The minimum atomic E-state index is -0.182. The molecule has 1 aliphatic rings. The van der Waals surface area contributed by atoms with Crippen LogP contribution in [0.5, 0.6) is 0 Å². The molecule has 3 rings (SSSR count). The third-order valence-corrected chi connectivity index (χ3v) is 5.70. The van der Waals surface area contributed by atoms with Gasteiger partial charge in [-0.2, -0.15) is 0 Å². The molecule has 1 aliphatic heterocycles. The van der Waals surface area contributed by atoms with Crippen LogP contribution in [-0.4, -0.2) is 55.3 Å². The van der Waals surface area contributed by atoms with Crippen molar-refractivity contribution in [3.05, 3.63) is 70.7 Å². The SMILES string of the molecule is CN(C)C(CNC(=O)C1CCCN(C(=O)c2ccc(Cl)cc2)C1)c1ccccc1. The maximum absolute atomic E-state index is 12.8. The summed E-state index contributed by atoms with van der Waals surface area (Å²) in [5.74, 6) is -0.213. The van der Waals surface area contributed by atoms with Crippen LogP contribution in [0.15, 0.2) is 54.6 Å². The molecule has 1 saturated heterocycles. The molecule has 0 bridgehead atoms. The first-order valence-corrected chi connectivity index (χ1v) is 10.4. The first-order chi connectivity index (χ1) is 14.0. The molecule has 0 aliphatic carbocycles. The normalized spacial score (nSPS) is 17.8. The van der Waals surface area contributed by atoms with Crippen molar-refractivity contribution in [1.29, 1.82) is 0 Å². The molecule has 6 heteroatoms. The number of amides is 2. The second-order valence-electron chi connectivity index (χ2n) is 7.73. The topological polar surface area (TPSA) is 52.7 Å². The smallest absolute Gasteiger partial charge is 0.253 e. The lowest BCUT2D eigenvalue weighted by Gasteiger charge is -2.33. The Bertz CT molecular complexity index is 824. The summed E-state index contributed by atoms with van der Waals surface area (Å²) < 4.78 is 0. The van der Waals surface area contributed by atoms with Crippen LogP contribution in [0.3, 0.4) is 0 Å². The van der Waals surface area contributed by atoms with Crippen molar-refractivity contribution in [2.45, 2.75) is 18.9 Å². The van der Waals surface area contributed by atoms with Crippen LogP contribution in [0.1, 0.15) is 34.8 Å². The fourth-order valence-electron chi connectivity index (χ4n) is 3.77. The molecule has 0 radical (unpaired) electrons. The highest BCUT2D eigenvalue weighted by atomic mass is 35.5. The number of hydrogen-bond donors (Lipinski definition) is 1. The molecule has 0 spiro atoms. The summed E-state index contributed by atoms with van der Waals surface area (Å²) in [6, 6.07) is 17.2. The van der Waals surface area contributed by atoms with Crippen LogP contribution in [0, 0.1) is 5.92 Å². The van der Waals surface area contributed by atoms with Crippen molar-refractivity contribution in [2.75, 3.05) is 33.7 Å². The van der Waals surface area contributed by atoms with Crippen LogP contribution in [0.25, 0.3) is 0 Å². The molecular weight excluding hydrogens is 386 g/mol. The summed E-state index contributed by atoms with van der Waals surface area (Å²) in [4.78, 5) is 29.5. The Hall–Kier alpha value is -2.37.